The molecule has 0 aromatic rings. The zero-order valence-corrected chi connectivity index (χ0v) is 60.9. The molecule has 0 saturated carbocycles. The molecule has 6 atom stereocenters. The van der Waals surface area contributed by atoms with Crippen LogP contribution in [0.1, 0.15) is 369 Å². The fourth-order valence-electron chi connectivity index (χ4n) is 10.9. The Morgan fingerprint density at radius 3 is 0.835 bits per heavy atom. The summed E-state index contributed by atoms with van der Waals surface area (Å²) in [6.45, 7) is 9.48. The normalized spacial score (nSPS) is 14.4. The molecule has 0 spiro atoms. The predicted octanol–water partition coefficient (Wildman–Crippen LogP) is 20.8. The molecule has 19 heteroatoms. The van der Waals surface area contributed by atoms with Crippen LogP contribution < -0.4 is 0 Å². The van der Waals surface area contributed by atoms with Crippen LogP contribution in [0.3, 0.4) is 0 Å². The highest BCUT2D eigenvalue weighted by Gasteiger charge is 2.30. The lowest BCUT2D eigenvalue weighted by atomic mass is 10.00. The summed E-state index contributed by atoms with van der Waals surface area (Å²) < 4.78 is 68.2. The highest BCUT2D eigenvalue weighted by atomic mass is 31.2. The summed E-state index contributed by atoms with van der Waals surface area (Å²) in [6.07, 6.45) is 50.2. The molecule has 0 aromatic heterocycles. The Hall–Kier alpha value is -1.94. The molecule has 540 valence electrons. The number of unbranched alkanes of at least 4 members (excludes halogenated alkanes) is 40. The van der Waals surface area contributed by atoms with Gasteiger partial charge in [-0.15, -0.1) is 0 Å². The van der Waals surface area contributed by atoms with Crippen molar-refractivity contribution in [3.8, 4) is 0 Å². The number of carbonyl (C=O) groups is 4. The first-order chi connectivity index (χ1) is 43.9. The lowest BCUT2D eigenvalue weighted by Crippen LogP contribution is -2.30. The fourth-order valence-corrected chi connectivity index (χ4v) is 12.5. The Morgan fingerprint density at radius 2 is 0.560 bits per heavy atom. The van der Waals surface area contributed by atoms with Crippen molar-refractivity contribution < 1.29 is 80.2 Å². The van der Waals surface area contributed by atoms with E-state index in [0.717, 1.165) is 115 Å². The molecule has 0 aromatic carbocycles. The largest absolute Gasteiger partial charge is 0.472 e. The molecule has 0 radical (unpaired) electrons. The van der Waals surface area contributed by atoms with E-state index in [1.165, 1.54) is 173 Å². The summed E-state index contributed by atoms with van der Waals surface area (Å²) in [5, 5.41) is 10.6. The Morgan fingerprint density at radius 1 is 0.319 bits per heavy atom. The molecule has 0 rings (SSSR count). The minimum atomic E-state index is -4.95. The highest BCUT2D eigenvalue weighted by Crippen LogP contribution is 2.45. The van der Waals surface area contributed by atoms with E-state index < -0.39 is 97.5 Å². The Kier molecular flexibility index (Phi) is 62.7. The van der Waals surface area contributed by atoms with Crippen LogP contribution in [0.25, 0.3) is 0 Å². The maximum atomic E-state index is 13.0. The van der Waals surface area contributed by atoms with E-state index in [1.54, 1.807) is 0 Å². The van der Waals surface area contributed by atoms with Crippen molar-refractivity contribution in [3.63, 3.8) is 0 Å². The maximum Gasteiger partial charge on any atom is 0.472 e. The van der Waals surface area contributed by atoms with Crippen LogP contribution in [-0.4, -0.2) is 96.7 Å². The van der Waals surface area contributed by atoms with Crippen LogP contribution in [0.4, 0.5) is 0 Å². The molecule has 91 heavy (non-hydrogen) atoms. The van der Waals surface area contributed by atoms with E-state index in [2.05, 4.69) is 41.5 Å². The summed E-state index contributed by atoms with van der Waals surface area (Å²) in [5.41, 5.74) is 0. The second kappa shape index (κ2) is 64.1. The van der Waals surface area contributed by atoms with Crippen molar-refractivity contribution in [1.29, 1.82) is 0 Å². The van der Waals surface area contributed by atoms with Crippen molar-refractivity contribution >= 4 is 39.5 Å². The summed E-state index contributed by atoms with van der Waals surface area (Å²) in [6, 6.07) is 0. The van der Waals surface area contributed by atoms with Gasteiger partial charge >= 0.3 is 39.5 Å². The average molecular weight is 1340 g/mol. The third kappa shape index (κ3) is 65.1. The SMILES string of the molecule is CCCCCCCCCCCCCCCCCCCCCC(=O)O[C@H](COC(=O)CCCCCCCCCCCCCCC(C)C)COP(=O)(O)OC[C@@H](O)COP(=O)(O)OC[C@@H](COC(=O)CCCCCCCCC)OC(=O)CCCCCCCCC(C)CC. The van der Waals surface area contributed by atoms with Gasteiger partial charge < -0.3 is 33.8 Å². The molecule has 0 amide bonds. The van der Waals surface area contributed by atoms with Crippen LogP contribution in [-0.2, 0) is 65.4 Å². The van der Waals surface area contributed by atoms with E-state index in [1.807, 2.05) is 0 Å². The molecule has 0 aliphatic rings. The van der Waals surface area contributed by atoms with Crippen molar-refractivity contribution in [2.24, 2.45) is 11.8 Å². The Balaban J connectivity index is 5.18. The molecule has 0 saturated heterocycles. The molecule has 17 nitrogen and oxygen atoms in total. The topological polar surface area (TPSA) is 237 Å². The molecule has 3 unspecified atom stereocenters. The highest BCUT2D eigenvalue weighted by molar-refractivity contribution is 7.47. The van der Waals surface area contributed by atoms with E-state index in [-0.39, 0.29) is 25.7 Å². The number of rotatable bonds is 71. The molecule has 0 heterocycles. The van der Waals surface area contributed by atoms with Crippen LogP contribution >= 0.6 is 15.6 Å². The van der Waals surface area contributed by atoms with Gasteiger partial charge in [0.25, 0.3) is 0 Å². The van der Waals surface area contributed by atoms with Gasteiger partial charge in [-0.3, -0.25) is 37.3 Å². The van der Waals surface area contributed by atoms with Gasteiger partial charge in [-0.2, -0.15) is 0 Å². The van der Waals surface area contributed by atoms with E-state index in [0.29, 0.717) is 25.7 Å². The second-order valence-electron chi connectivity index (χ2n) is 26.7. The quantitative estimate of drug-likeness (QED) is 0.0222. The van der Waals surface area contributed by atoms with Gasteiger partial charge in [0.15, 0.2) is 12.2 Å². The van der Waals surface area contributed by atoms with Gasteiger partial charge in [-0.25, -0.2) is 9.13 Å². The minimum Gasteiger partial charge on any atom is -0.462 e. The summed E-state index contributed by atoms with van der Waals surface area (Å²) in [5.74, 6) is -0.627. The molecular formula is C72H140O17P2. The first kappa shape index (κ1) is 89.1. The first-order valence-corrected chi connectivity index (χ1v) is 40.5. The van der Waals surface area contributed by atoms with Crippen molar-refractivity contribution in [3.05, 3.63) is 0 Å². The molecule has 0 bridgehead atoms. The zero-order chi connectivity index (χ0) is 67.2. The predicted molar refractivity (Wildman–Crippen MR) is 368 cm³/mol. The zero-order valence-electron chi connectivity index (χ0n) is 59.1. The number of carbonyl (C=O) groups excluding carboxylic acids is 4. The number of aliphatic hydroxyl groups excluding tert-OH is 1. The Bertz CT molecular complexity index is 1770. The summed E-state index contributed by atoms with van der Waals surface area (Å²) >= 11 is 0. The molecule has 3 N–H and O–H groups in total. The number of ether oxygens (including phenoxy) is 4. The van der Waals surface area contributed by atoms with E-state index in [9.17, 15) is 43.2 Å². The van der Waals surface area contributed by atoms with Crippen molar-refractivity contribution in [2.45, 2.75) is 387 Å². The number of hydrogen-bond acceptors (Lipinski definition) is 15. The molecular weight excluding hydrogens is 1200 g/mol. The molecule has 0 fully saturated rings. The van der Waals surface area contributed by atoms with Gasteiger partial charge in [0.2, 0.25) is 0 Å². The van der Waals surface area contributed by atoms with Gasteiger partial charge in [0.1, 0.15) is 19.3 Å². The molecule has 0 aliphatic carbocycles. The monoisotopic (exact) mass is 1340 g/mol. The lowest BCUT2D eigenvalue weighted by molar-refractivity contribution is -0.161. The minimum absolute atomic E-state index is 0.103. The number of aliphatic hydroxyl groups is 1. The van der Waals surface area contributed by atoms with Crippen LogP contribution in [0.2, 0.25) is 0 Å². The second-order valence-corrected chi connectivity index (χ2v) is 29.6. The summed E-state index contributed by atoms with van der Waals surface area (Å²) in [7, 11) is -9.90. The summed E-state index contributed by atoms with van der Waals surface area (Å²) in [4.78, 5) is 72.5. The third-order valence-corrected chi connectivity index (χ3v) is 19.0. The number of phosphoric ester groups is 2. The van der Waals surface area contributed by atoms with Crippen molar-refractivity contribution in [1.82, 2.24) is 0 Å². The van der Waals surface area contributed by atoms with E-state index >= 15 is 0 Å². The Labute approximate surface area is 556 Å². The molecule has 0 aliphatic heterocycles. The smallest absolute Gasteiger partial charge is 0.462 e. The number of hydrogen-bond donors (Lipinski definition) is 3. The van der Waals surface area contributed by atoms with Crippen LogP contribution in [0.15, 0.2) is 0 Å². The van der Waals surface area contributed by atoms with Gasteiger partial charge in [-0.05, 0) is 37.5 Å². The fraction of sp³-hybridized carbons (Fsp3) is 0.944. The maximum absolute atomic E-state index is 13.0. The van der Waals surface area contributed by atoms with Crippen LogP contribution in [0.5, 0.6) is 0 Å². The standard InChI is InChI=1S/C72H140O17P2/c1-7-10-12-14-16-17-18-19-20-21-22-23-24-25-30-33-37-44-50-56-71(76)88-67(61-83-70(75)55-49-43-36-32-29-27-26-28-31-35-40-46-52-64(4)5)62-86-90(78,79)84-58-66(73)59-85-91(80,81)87-63-68(60-82-69(74)54-48-42-34-15-13-11-8-2)89-72(77)57-51-45-39-38-41-47-53-65(6)9-3/h64-68,73H,7-63H2,1-6H3,(H,78,79)(H,80,81)/t65?,66-,67-,68-/m1/s1. The first-order valence-electron chi connectivity index (χ1n) is 37.5. The lowest BCUT2D eigenvalue weighted by Gasteiger charge is -2.21. The number of esters is 4. The average Bonchev–Trinajstić information content (AvgIpc) is 3.71. The van der Waals surface area contributed by atoms with Gasteiger partial charge in [0.05, 0.1) is 26.4 Å². The van der Waals surface area contributed by atoms with Crippen LogP contribution in [0, 0.1) is 11.8 Å². The number of phosphoric acid groups is 2. The van der Waals surface area contributed by atoms with Crippen molar-refractivity contribution in [2.75, 3.05) is 39.6 Å². The van der Waals surface area contributed by atoms with Gasteiger partial charge in [-0.1, -0.05) is 318 Å². The third-order valence-electron chi connectivity index (χ3n) is 17.1. The van der Waals surface area contributed by atoms with Gasteiger partial charge in [0, 0.05) is 25.7 Å². The van der Waals surface area contributed by atoms with E-state index in [4.69, 9.17) is 37.0 Å².